The fourth-order valence-electron chi connectivity index (χ4n) is 5.38. The van der Waals surface area contributed by atoms with Crippen molar-refractivity contribution in [2.45, 2.75) is 58.5 Å². The average molecular weight is 222 g/mol. The summed E-state index contributed by atoms with van der Waals surface area (Å²) >= 11 is 0. The van der Waals surface area contributed by atoms with Crippen LogP contribution in [0.4, 0.5) is 0 Å². The number of rotatable bonds is 0. The molecule has 0 heterocycles. The van der Waals surface area contributed by atoms with Crippen LogP contribution in [-0.2, 0) is 4.79 Å². The van der Waals surface area contributed by atoms with Crippen LogP contribution in [0.2, 0.25) is 0 Å². The van der Waals surface area contributed by atoms with E-state index in [2.05, 4.69) is 20.8 Å². The average Bonchev–Trinajstić information content (AvgIpc) is 2.53. The van der Waals surface area contributed by atoms with Crippen molar-refractivity contribution in [2.24, 2.45) is 22.7 Å². The first-order valence-electron chi connectivity index (χ1n) is 6.55. The SMILES string of the molecule is CC1(C)C[C@]2(C)CC[C@]3(O)C(=O)CC[C@@H]1[C@H]23. The summed E-state index contributed by atoms with van der Waals surface area (Å²) in [5.74, 6) is 0.897. The van der Waals surface area contributed by atoms with Gasteiger partial charge in [-0.2, -0.15) is 0 Å². The molecule has 0 aliphatic heterocycles. The standard InChI is InChI=1S/C14H22O2/c1-12(2)8-13(3)6-7-14(16)10(15)5-4-9(12)11(13)14/h9,11,16H,4-8H2,1-3H3/t9-,11-,13+,14+/m1/s1. The summed E-state index contributed by atoms with van der Waals surface area (Å²) in [7, 11) is 0. The van der Waals surface area contributed by atoms with E-state index in [1.54, 1.807) is 0 Å². The van der Waals surface area contributed by atoms with Gasteiger partial charge in [0, 0.05) is 12.3 Å². The van der Waals surface area contributed by atoms with E-state index in [-0.39, 0.29) is 17.1 Å². The van der Waals surface area contributed by atoms with Gasteiger partial charge in [0.25, 0.3) is 0 Å². The van der Waals surface area contributed by atoms with Crippen LogP contribution in [0.1, 0.15) is 52.9 Å². The normalized spacial score (nSPS) is 54.1. The Hall–Kier alpha value is -0.370. The molecule has 0 aromatic rings. The molecule has 0 radical (unpaired) electrons. The number of hydrogen-bond acceptors (Lipinski definition) is 2. The Labute approximate surface area is 97.4 Å². The first kappa shape index (κ1) is 10.8. The molecule has 0 spiro atoms. The third kappa shape index (κ3) is 1.04. The monoisotopic (exact) mass is 222 g/mol. The third-order valence-corrected chi connectivity index (χ3v) is 5.77. The van der Waals surface area contributed by atoms with Crippen LogP contribution in [0.5, 0.6) is 0 Å². The van der Waals surface area contributed by atoms with Crippen molar-refractivity contribution in [2.75, 3.05) is 0 Å². The van der Waals surface area contributed by atoms with Crippen LogP contribution in [0, 0.1) is 22.7 Å². The Morgan fingerprint density at radius 3 is 2.62 bits per heavy atom. The van der Waals surface area contributed by atoms with Gasteiger partial charge in [0.05, 0.1) is 0 Å². The third-order valence-electron chi connectivity index (χ3n) is 5.77. The Kier molecular flexibility index (Phi) is 1.83. The number of hydrogen-bond donors (Lipinski definition) is 1. The van der Waals surface area contributed by atoms with Crippen molar-refractivity contribution in [3.63, 3.8) is 0 Å². The second-order valence-electron chi connectivity index (χ2n) is 7.29. The number of carbonyl (C=O) groups excluding carboxylic acids is 1. The smallest absolute Gasteiger partial charge is 0.164 e. The minimum absolute atomic E-state index is 0.121. The number of carbonyl (C=O) groups is 1. The van der Waals surface area contributed by atoms with Crippen LogP contribution in [0.3, 0.4) is 0 Å². The van der Waals surface area contributed by atoms with Gasteiger partial charge in [0.1, 0.15) is 5.60 Å². The van der Waals surface area contributed by atoms with Gasteiger partial charge in [-0.25, -0.2) is 0 Å². The second-order valence-corrected chi connectivity index (χ2v) is 7.29. The lowest BCUT2D eigenvalue weighted by Crippen LogP contribution is -2.51. The fraction of sp³-hybridized carbons (Fsp3) is 0.929. The highest BCUT2D eigenvalue weighted by Gasteiger charge is 2.68. The van der Waals surface area contributed by atoms with Crippen molar-refractivity contribution >= 4 is 5.78 Å². The topological polar surface area (TPSA) is 37.3 Å². The minimum Gasteiger partial charge on any atom is -0.382 e. The maximum absolute atomic E-state index is 12.0. The van der Waals surface area contributed by atoms with Gasteiger partial charge in [-0.15, -0.1) is 0 Å². The summed E-state index contributed by atoms with van der Waals surface area (Å²) in [6.07, 6.45) is 4.50. The zero-order valence-electron chi connectivity index (χ0n) is 10.5. The maximum Gasteiger partial charge on any atom is 0.164 e. The Morgan fingerprint density at radius 1 is 1.25 bits per heavy atom. The van der Waals surface area contributed by atoms with E-state index < -0.39 is 5.60 Å². The highest BCUT2D eigenvalue weighted by atomic mass is 16.3. The molecule has 0 unspecified atom stereocenters. The van der Waals surface area contributed by atoms with Crippen LogP contribution < -0.4 is 0 Å². The van der Waals surface area contributed by atoms with Crippen molar-refractivity contribution in [1.29, 1.82) is 0 Å². The number of aliphatic hydroxyl groups is 1. The van der Waals surface area contributed by atoms with E-state index in [0.717, 1.165) is 12.8 Å². The van der Waals surface area contributed by atoms with Gasteiger partial charge in [-0.3, -0.25) is 4.79 Å². The van der Waals surface area contributed by atoms with Gasteiger partial charge in [0.2, 0.25) is 0 Å². The molecule has 0 amide bonds. The van der Waals surface area contributed by atoms with Gasteiger partial charge in [0.15, 0.2) is 5.78 Å². The molecule has 3 saturated carbocycles. The fourth-order valence-corrected chi connectivity index (χ4v) is 5.38. The lowest BCUT2D eigenvalue weighted by molar-refractivity contribution is -0.152. The van der Waals surface area contributed by atoms with Crippen molar-refractivity contribution in [1.82, 2.24) is 0 Å². The molecule has 0 aromatic heterocycles. The molecular formula is C14H22O2. The summed E-state index contributed by atoms with van der Waals surface area (Å²) in [5, 5.41) is 10.7. The minimum atomic E-state index is -0.967. The van der Waals surface area contributed by atoms with E-state index in [9.17, 15) is 9.90 Å². The summed E-state index contributed by atoms with van der Waals surface area (Å²) in [4.78, 5) is 12.0. The molecule has 3 aliphatic carbocycles. The van der Waals surface area contributed by atoms with Crippen molar-refractivity contribution in [3.8, 4) is 0 Å². The van der Waals surface area contributed by atoms with Crippen LogP contribution in [0.15, 0.2) is 0 Å². The highest BCUT2D eigenvalue weighted by Crippen LogP contribution is 2.69. The Morgan fingerprint density at radius 2 is 1.94 bits per heavy atom. The first-order valence-corrected chi connectivity index (χ1v) is 6.55. The van der Waals surface area contributed by atoms with Gasteiger partial charge in [-0.05, 0) is 42.4 Å². The van der Waals surface area contributed by atoms with E-state index in [4.69, 9.17) is 0 Å². The van der Waals surface area contributed by atoms with Crippen molar-refractivity contribution < 1.29 is 9.90 Å². The van der Waals surface area contributed by atoms with Crippen LogP contribution in [-0.4, -0.2) is 16.5 Å². The quantitative estimate of drug-likeness (QED) is 0.684. The van der Waals surface area contributed by atoms with Gasteiger partial charge >= 0.3 is 0 Å². The summed E-state index contributed by atoms with van der Waals surface area (Å²) in [5.41, 5.74) is -0.459. The van der Waals surface area contributed by atoms with Crippen LogP contribution >= 0.6 is 0 Å². The molecule has 1 N–H and O–H groups in total. The second kappa shape index (κ2) is 2.72. The zero-order valence-corrected chi connectivity index (χ0v) is 10.5. The molecule has 0 aromatic carbocycles. The van der Waals surface area contributed by atoms with E-state index in [1.165, 1.54) is 6.42 Å². The maximum atomic E-state index is 12.0. The summed E-state index contributed by atoms with van der Waals surface area (Å²) in [6, 6.07) is 0. The van der Waals surface area contributed by atoms with E-state index in [1.807, 2.05) is 0 Å². The largest absolute Gasteiger partial charge is 0.382 e. The molecule has 0 bridgehead atoms. The van der Waals surface area contributed by atoms with E-state index in [0.29, 0.717) is 24.2 Å². The molecule has 4 atom stereocenters. The van der Waals surface area contributed by atoms with Gasteiger partial charge < -0.3 is 5.11 Å². The lowest BCUT2D eigenvalue weighted by Gasteiger charge is -2.42. The molecule has 3 aliphatic rings. The predicted octanol–water partition coefficient (Wildman–Crippen LogP) is 2.54. The molecule has 2 nitrogen and oxygen atoms in total. The Balaban J connectivity index is 2.10. The number of Topliss-reactive ketones (excluding diaryl/α,β-unsaturated/α-hetero) is 1. The molecule has 2 heteroatoms. The molecule has 90 valence electrons. The molecule has 0 saturated heterocycles. The molecule has 3 rings (SSSR count). The van der Waals surface area contributed by atoms with Crippen molar-refractivity contribution in [3.05, 3.63) is 0 Å². The summed E-state index contributed by atoms with van der Waals surface area (Å²) in [6.45, 7) is 6.92. The number of ketones is 1. The Bertz CT molecular complexity index is 360. The molecule has 3 fully saturated rings. The molecule has 16 heavy (non-hydrogen) atoms. The lowest BCUT2D eigenvalue weighted by atomic mass is 9.64. The van der Waals surface area contributed by atoms with Crippen LogP contribution in [0.25, 0.3) is 0 Å². The van der Waals surface area contributed by atoms with E-state index >= 15 is 0 Å². The summed E-state index contributed by atoms with van der Waals surface area (Å²) < 4.78 is 0. The zero-order chi connectivity index (χ0) is 11.8. The molecular weight excluding hydrogens is 200 g/mol. The highest BCUT2D eigenvalue weighted by molar-refractivity contribution is 5.89. The van der Waals surface area contributed by atoms with Gasteiger partial charge in [-0.1, -0.05) is 20.8 Å². The predicted molar refractivity (Wildman–Crippen MR) is 61.9 cm³/mol. The first-order chi connectivity index (χ1) is 7.30.